The third-order valence-electron chi connectivity index (χ3n) is 4.62. The summed E-state index contributed by atoms with van der Waals surface area (Å²) >= 11 is 0. The van der Waals surface area contributed by atoms with E-state index in [0.29, 0.717) is 13.0 Å². The Kier molecular flexibility index (Phi) is 7.41. The van der Waals surface area contributed by atoms with Crippen molar-refractivity contribution in [3.63, 3.8) is 0 Å². The molecule has 0 aliphatic heterocycles. The maximum Gasteiger partial charge on any atom is 0.242 e. The van der Waals surface area contributed by atoms with E-state index in [4.69, 9.17) is 4.74 Å². The number of hydrogen-bond donors (Lipinski definition) is 1. The van der Waals surface area contributed by atoms with E-state index in [9.17, 15) is 9.59 Å². The fourth-order valence-corrected chi connectivity index (χ4v) is 3.00. The number of nitrogens with one attached hydrogen (secondary N) is 1. The summed E-state index contributed by atoms with van der Waals surface area (Å²) in [6.45, 7) is 4.35. The standard InChI is InChI=1S/C22H28N2O3/c1-5-20(22(26)23-3)24(15-18-8-6-16(2)7-9-18)21(25)14-17-10-12-19(27-4)13-11-17/h6-13,20H,5,14-15H2,1-4H3,(H,23,26). The lowest BCUT2D eigenvalue weighted by Crippen LogP contribution is -2.48. The van der Waals surface area contributed by atoms with Crippen molar-refractivity contribution in [2.24, 2.45) is 0 Å². The van der Waals surface area contributed by atoms with E-state index < -0.39 is 6.04 Å². The SMILES string of the molecule is CCC(C(=O)NC)N(Cc1ccc(C)cc1)C(=O)Cc1ccc(OC)cc1. The van der Waals surface area contributed by atoms with E-state index in [2.05, 4.69) is 5.32 Å². The van der Waals surface area contributed by atoms with Gasteiger partial charge < -0.3 is 15.0 Å². The number of amides is 2. The van der Waals surface area contributed by atoms with Gasteiger partial charge in [-0.25, -0.2) is 0 Å². The number of methoxy groups -OCH3 is 1. The molecule has 2 aromatic rings. The average molecular weight is 368 g/mol. The van der Waals surface area contributed by atoms with Crippen LogP contribution in [-0.4, -0.2) is 36.9 Å². The highest BCUT2D eigenvalue weighted by Gasteiger charge is 2.27. The Morgan fingerprint density at radius 2 is 1.63 bits per heavy atom. The molecule has 5 nitrogen and oxygen atoms in total. The molecule has 0 saturated carbocycles. The number of likely N-dealkylation sites (N-methyl/N-ethyl adjacent to an activating group) is 1. The quantitative estimate of drug-likeness (QED) is 0.779. The van der Waals surface area contributed by atoms with Gasteiger partial charge in [-0.15, -0.1) is 0 Å². The average Bonchev–Trinajstić information content (AvgIpc) is 2.69. The number of aryl methyl sites for hydroxylation is 1. The van der Waals surface area contributed by atoms with Gasteiger partial charge in [0, 0.05) is 13.6 Å². The van der Waals surface area contributed by atoms with Crippen molar-refractivity contribution in [3.8, 4) is 5.75 Å². The minimum Gasteiger partial charge on any atom is -0.497 e. The summed E-state index contributed by atoms with van der Waals surface area (Å²) in [6, 6.07) is 15.0. The molecule has 0 radical (unpaired) electrons. The summed E-state index contributed by atoms with van der Waals surface area (Å²) in [5.74, 6) is 0.531. The van der Waals surface area contributed by atoms with Gasteiger partial charge in [0.25, 0.3) is 0 Å². The first-order valence-corrected chi connectivity index (χ1v) is 9.18. The van der Waals surface area contributed by atoms with Gasteiger partial charge in [-0.05, 0) is 36.6 Å². The third-order valence-corrected chi connectivity index (χ3v) is 4.62. The van der Waals surface area contributed by atoms with E-state index in [1.165, 1.54) is 0 Å². The molecule has 2 amide bonds. The second kappa shape index (κ2) is 9.76. The van der Waals surface area contributed by atoms with E-state index in [1.807, 2.05) is 62.4 Å². The zero-order chi connectivity index (χ0) is 19.8. The molecule has 144 valence electrons. The van der Waals surface area contributed by atoms with Gasteiger partial charge in [-0.2, -0.15) is 0 Å². The van der Waals surface area contributed by atoms with Crippen LogP contribution in [0, 0.1) is 6.92 Å². The first-order chi connectivity index (χ1) is 13.0. The van der Waals surface area contributed by atoms with Crippen LogP contribution in [0.25, 0.3) is 0 Å². The Bertz CT molecular complexity index is 754. The van der Waals surface area contributed by atoms with Gasteiger partial charge in [-0.1, -0.05) is 48.9 Å². The number of rotatable bonds is 8. The Labute approximate surface area is 161 Å². The minimum atomic E-state index is -0.498. The van der Waals surface area contributed by atoms with Gasteiger partial charge in [-0.3, -0.25) is 9.59 Å². The van der Waals surface area contributed by atoms with Gasteiger partial charge in [0.1, 0.15) is 11.8 Å². The number of carbonyl (C=O) groups excluding carboxylic acids is 2. The van der Waals surface area contributed by atoms with Gasteiger partial charge in [0.2, 0.25) is 11.8 Å². The number of benzene rings is 2. The Balaban J connectivity index is 2.24. The van der Waals surface area contributed by atoms with Gasteiger partial charge >= 0.3 is 0 Å². The van der Waals surface area contributed by atoms with Gasteiger partial charge in [0.15, 0.2) is 0 Å². The highest BCUT2D eigenvalue weighted by Crippen LogP contribution is 2.17. The molecule has 1 N–H and O–H groups in total. The lowest BCUT2D eigenvalue weighted by Gasteiger charge is -2.30. The van der Waals surface area contributed by atoms with Crippen LogP contribution in [0.2, 0.25) is 0 Å². The second-order valence-corrected chi connectivity index (χ2v) is 6.57. The Morgan fingerprint density at radius 3 is 2.15 bits per heavy atom. The zero-order valence-electron chi connectivity index (χ0n) is 16.5. The molecule has 2 rings (SSSR count). The van der Waals surface area contributed by atoms with E-state index >= 15 is 0 Å². The predicted octanol–water partition coefficient (Wildman–Crippen LogP) is 3.10. The molecule has 0 aliphatic rings. The fraction of sp³-hybridized carbons (Fsp3) is 0.364. The Morgan fingerprint density at radius 1 is 1.04 bits per heavy atom. The lowest BCUT2D eigenvalue weighted by molar-refractivity contribution is -0.140. The summed E-state index contributed by atoms with van der Waals surface area (Å²) in [5.41, 5.74) is 3.06. The monoisotopic (exact) mass is 368 g/mol. The molecule has 0 aliphatic carbocycles. The highest BCUT2D eigenvalue weighted by atomic mass is 16.5. The minimum absolute atomic E-state index is 0.0730. The summed E-state index contributed by atoms with van der Waals surface area (Å²) in [5, 5.41) is 2.68. The lowest BCUT2D eigenvalue weighted by atomic mass is 10.1. The maximum atomic E-state index is 13.1. The van der Waals surface area contributed by atoms with Gasteiger partial charge in [0.05, 0.1) is 13.5 Å². The first kappa shape index (κ1) is 20.5. The largest absolute Gasteiger partial charge is 0.497 e. The van der Waals surface area contributed by atoms with E-state index in [-0.39, 0.29) is 18.2 Å². The molecule has 0 heterocycles. The van der Waals surface area contributed by atoms with Crippen molar-refractivity contribution in [2.75, 3.05) is 14.2 Å². The summed E-state index contributed by atoms with van der Waals surface area (Å²) < 4.78 is 5.16. The van der Waals surface area contributed by atoms with E-state index in [1.54, 1.807) is 19.1 Å². The molecule has 5 heteroatoms. The van der Waals surface area contributed by atoms with Crippen LogP contribution in [0.1, 0.15) is 30.0 Å². The molecule has 1 atom stereocenters. The van der Waals surface area contributed by atoms with Crippen LogP contribution < -0.4 is 10.1 Å². The van der Waals surface area contributed by atoms with Crippen molar-refractivity contribution >= 4 is 11.8 Å². The molecular formula is C22H28N2O3. The normalized spacial score (nSPS) is 11.6. The number of nitrogens with zero attached hydrogens (tertiary/aromatic N) is 1. The molecule has 0 spiro atoms. The van der Waals surface area contributed by atoms with Crippen LogP contribution >= 0.6 is 0 Å². The van der Waals surface area contributed by atoms with E-state index in [0.717, 1.165) is 22.4 Å². The van der Waals surface area contributed by atoms with Crippen LogP contribution in [-0.2, 0) is 22.6 Å². The van der Waals surface area contributed by atoms with Crippen LogP contribution in [0.5, 0.6) is 5.75 Å². The molecule has 2 aromatic carbocycles. The number of hydrogen-bond acceptors (Lipinski definition) is 3. The molecule has 0 bridgehead atoms. The van der Waals surface area contributed by atoms with Crippen LogP contribution in [0.3, 0.4) is 0 Å². The molecule has 27 heavy (non-hydrogen) atoms. The number of carbonyl (C=O) groups is 2. The fourth-order valence-electron chi connectivity index (χ4n) is 3.00. The maximum absolute atomic E-state index is 13.1. The summed E-state index contributed by atoms with van der Waals surface area (Å²) in [7, 11) is 3.21. The smallest absolute Gasteiger partial charge is 0.242 e. The summed E-state index contributed by atoms with van der Waals surface area (Å²) in [4.78, 5) is 27.1. The van der Waals surface area contributed by atoms with Crippen molar-refractivity contribution in [3.05, 3.63) is 65.2 Å². The molecule has 0 fully saturated rings. The van der Waals surface area contributed by atoms with Crippen LogP contribution in [0.15, 0.2) is 48.5 Å². The topological polar surface area (TPSA) is 58.6 Å². The summed E-state index contributed by atoms with van der Waals surface area (Å²) in [6.07, 6.45) is 0.795. The molecule has 0 saturated heterocycles. The van der Waals surface area contributed by atoms with Crippen molar-refractivity contribution in [2.45, 2.75) is 39.3 Å². The van der Waals surface area contributed by atoms with Crippen molar-refractivity contribution in [1.82, 2.24) is 10.2 Å². The third kappa shape index (κ3) is 5.58. The number of ether oxygens (including phenoxy) is 1. The second-order valence-electron chi connectivity index (χ2n) is 6.57. The highest BCUT2D eigenvalue weighted by molar-refractivity contribution is 5.88. The van der Waals surface area contributed by atoms with Crippen molar-refractivity contribution in [1.29, 1.82) is 0 Å². The first-order valence-electron chi connectivity index (χ1n) is 9.18. The zero-order valence-corrected chi connectivity index (χ0v) is 16.5. The molecular weight excluding hydrogens is 340 g/mol. The predicted molar refractivity (Wildman–Crippen MR) is 107 cm³/mol. The Hall–Kier alpha value is -2.82. The van der Waals surface area contributed by atoms with Crippen molar-refractivity contribution < 1.29 is 14.3 Å². The molecule has 1 unspecified atom stereocenters. The molecule has 0 aromatic heterocycles. The van der Waals surface area contributed by atoms with Crippen LogP contribution in [0.4, 0.5) is 0 Å².